The van der Waals surface area contributed by atoms with Crippen LogP contribution in [0.5, 0.6) is 23.0 Å². The van der Waals surface area contributed by atoms with Crippen molar-refractivity contribution in [2.45, 2.75) is 19.9 Å². The third-order valence-electron chi connectivity index (χ3n) is 7.94. The van der Waals surface area contributed by atoms with Gasteiger partial charge in [0.15, 0.2) is 11.5 Å². The van der Waals surface area contributed by atoms with Gasteiger partial charge in [-0.05, 0) is 54.4 Å². The summed E-state index contributed by atoms with van der Waals surface area (Å²) in [4.78, 5) is 33.9. The summed E-state index contributed by atoms with van der Waals surface area (Å²) in [5.74, 6) is 2.54. The van der Waals surface area contributed by atoms with Crippen molar-refractivity contribution in [1.29, 1.82) is 0 Å². The van der Waals surface area contributed by atoms with Crippen LogP contribution in [0.3, 0.4) is 0 Å². The van der Waals surface area contributed by atoms with Gasteiger partial charge in [-0.15, -0.1) is 0 Å². The first-order chi connectivity index (χ1) is 20.9. The largest absolute Gasteiger partial charge is 0.497 e. The number of anilines is 1. The zero-order chi connectivity index (χ0) is 30.1. The molecule has 222 valence electrons. The fourth-order valence-electron chi connectivity index (χ4n) is 5.65. The first-order valence-corrected chi connectivity index (χ1v) is 14.2. The van der Waals surface area contributed by atoms with E-state index in [9.17, 15) is 9.59 Å². The molecule has 2 aliphatic rings. The van der Waals surface area contributed by atoms with Crippen molar-refractivity contribution in [3.05, 3.63) is 71.3 Å². The van der Waals surface area contributed by atoms with Gasteiger partial charge in [-0.1, -0.05) is 12.1 Å². The number of amides is 3. The van der Waals surface area contributed by atoms with Crippen LogP contribution in [-0.2, 0) is 17.8 Å². The Morgan fingerprint density at radius 2 is 1.77 bits per heavy atom. The van der Waals surface area contributed by atoms with Crippen LogP contribution in [0.2, 0.25) is 0 Å². The summed E-state index contributed by atoms with van der Waals surface area (Å²) in [5.41, 5.74) is 5.90. The van der Waals surface area contributed by atoms with Crippen molar-refractivity contribution in [2.75, 3.05) is 52.5 Å². The Hall–Kier alpha value is -4.99. The number of aryl methyl sites for hydroxylation is 1. The third kappa shape index (κ3) is 5.48. The van der Waals surface area contributed by atoms with E-state index in [2.05, 4.69) is 5.32 Å². The van der Waals surface area contributed by atoms with Gasteiger partial charge in [-0.25, -0.2) is 9.78 Å². The molecular formula is C33H34N4O6. The van der Waals surface area contributed by atoms with Crippen molar-refractivity contribution < 1.29 is 28.5 Å². The molecule has 3 heterocycles. The van der Waals surface area contributed by atoms with E-state index in [-0.39, 0.29) is 18.4 Å². The van der Waals surface area contributed by atoms with Gasteiger partial charge in [-0.2, -0.15) is 0 Å². The highest BCUT2D eigenvalue weighted by molar-refractivity contribution is 5.94. The van der Waals surface area contributed by atoms with Gasteiger partial charge in [-0.3, -0.25) is 9.69 Å². The summed E-state index contributed by atoms with van der Waals surface area (Å²) < 4.78 is 23.0. The van der Waals surface area contributed by atoms with Crippen LogP contribution < -0.4 is 29.2 Å². The zero-order valence-corrected chi connectivity index (χ0v) is 24.7. The SMILES string of the molecule is COc1cc(OC)c2nc(-c3cc4c(c(OC)c3)OCCN(C(=O)Cc3ccc(N5CCNC5=O)cc3)C4)cc(C)c2c1. The van der Waals surface area contributed by atoms with Crippen LogP contribution in [0.4, 0.5) is 10.5 Å². The van der Waals surface area contributed by atoms with Crippen LogP contribution in [0, 0.1) is 6.92 Å². The summed E-state index contributed by atoms with van der Waals surface area (Å²) in [6.07, 6.45) is 0.243. The van der Waals surface area contributed by atoms with Crippen LogP contribution in [-0.4, -0.2) is 69.4 Å². The highest BCUT2D eigenvalue weighted by atomic mass is 16.5. The number of hydrogen-bond acceptors (Lipinski definition) is 7. The molecule has 4 aromatic rings. The van der Waals surface area contributed by atoms with Crippen LogP contribution in [0.15, 0.2) is 54.6 Å². The van der Waals surface area contributed by atoms with Crippen molar-refractivity contribution in [3.8, 4) is 34.3 Å². The molecule has 3 amide bonds. The number of ether oxygens (including phenoxy) is 4. The van der Waals surface area contributed by atoms with Gasteiger partial charge in [0.05, 0.1) is 40.0 Å². The van der Waals surface area contributed by atoms with Crippen LogP contribution in [0.1, 0.15) is 16.7 Å². The molecule has 0 saturated carbocycles. The van der Waals surface area contributed by atoms with Crippen LogP contribution in [0.25, 0.3) is 22.2 Å². The second-order valence-corrected chi connectivity index (χ2v) is 10.6. The highest BCUT2D eigenvalue weighted by Crippen LogP contribution is 2.40. The summed E-state index contributed by atoms with van der Waals surface area (Å²) in [7, 11) is 4.86. The van der Waals surface area contributed by atoms with E-state index in [0.717, 1.165) is 44.5 Å². The van der Waals surface area contributed by atoms with Gasteiger partial charge >= 0.3 is 6.03 Å². The molecule has 0 spiro atoms. The highest BCUT2D eigenvalue weighted by Gasteiger charge is 2.25. The molecule has 1 fully saturated rings. The Kier molecular flexibility index (Phi) is 7.67. The molecule has 1 N–H and O–H groups in total. The molecule has 1 aromatic heterocycles. The first kappa shape index (κ1) is 28.1. The lowest BCUT2D eigenvalue weighted by atomic mass is 10.0. The number of rotatable bonds is 7. The number of urea groups is 1. The smallest absolute Gasteiger partial charge is 0.321 e. The molecule has 1 saturated heterocycles. The molecule has 43 heavy (non-hydrogen) atoms. The second-order valence-electron chi connectivity index (χ2n) is 10.6. The topological polar surface area (TPSA) is 102 Å². The predicted molar refractivity (Wildman–Crippen MR) is 163 cm³/mol. The summed E-state index contributed by atoms with van der Waals surface area (Å²) in [5, 5.41) is 3.75. The fourth-order valence-corrected chi connectivity index (χ4v) is 5.65. The Bertz CT molecular complexity index is 1700. The summed E-state index contributed by atoms with van der Waals surface area (Å²) in [6, 6.07) is 17.2. The lowest BCUT2D eigenvalue weighted by Crippen LogP contribution is -2.33. The number of benzene rings is 3. The number of nitrogens with one attached hydrogen (secondary N) is 1. The Morgan fingerprint density at radius 1 is 0.977 bits per heavy atom. The maximum atomic E-state index is 13.5. The number of carbonyl (C=O) groups is 2. The minimum Gasteiger partial charge on any atom is -0.497 e. The van der Waals surface area contributed by atoms with E-state index >= 15 is 0 Å². The molecule has 2 aliphatic heterocycles. The molecule has 6 rings (SSSR count). The maximum Gasteiger partial charge on any atom is 0.321 e. The molecule has 0 atom stereocenters. The van der Waals surface area contributed by atoms with E-state index in [1.807, 2.05) is 66.4 Å². The van der Waals surface area contributed by atoms with E-state index in [1.54, 1.807) is 26.2 Å². The molecule has 10 heteroatoms. The lowest BCUT2D eigenvalue weighted by Gasteiger charge is -2.21. The van der Waals surface area contributed by atoms with E-state index < -0.39 is 0 Å². The minimum absolute atomic E-state index is 0.00848. The van der Waals surface area contributed by atoms with Gasteiger partial charge in [0.2, 0.25) is 5.91 Å². The number of fused-ring (bicyclic) bond motifs is 2. The van der Waals surface area contributed by atoms with Crippen molar-refractivity contribution in [2.24, 2.45) is 0 Å². The van der Waals surface area contributed by atoms with Gasteiger partial charge < -0.3 is 29.2 Å². The van der Waals surface area contributed by atoms with Crippen molar-refractivity contribution >= 4 is 28.5 Å². The fraction of sp³-hybridized carbons (Fsp3) is 0.303. The first-order valence-electron chi connectivity index (χ1n) is 14.2. The average Bonchev–Trinajstić information content (AvgIpc) is 3.33. The molecule has 0 radical (unpaired) electrons. The Morgan fingerprint density at radius 3 is 2.47 bits per heavy atom. The molecule has 0 unspecified atom stereocenters. The average molecular weight is 583 g/mol. The molecule has 0 aliphatic carbocycles. The second kappa shape index (κ2) is 11.7. The van der Waals surface area contributed by atoms with Crippen molar-refractivity contribution in [1.82, 2.24) is 15.2 Å². The normalized spacial score (nSPS) is 14.6. The number of hydrogen-bond donors (Lipinski definition) is 1. The number of nitrogens with zero attached hydrogens (tertiary/aromatic N) is 3. The predicted octanol–water partition coefficient (Wildman–Crippen LogP) is 4.73. The maximum absolute atomic E-state index is 13.5. The third-order valence-corrected chi connectivity index (χ3v) is 7.94. The van der Waals surface area contributed by atoms with E-state index in [1.165, 1.54) is 0 Å². The quantitative estimate of drug-likeness (QED) is 0.336. The molecular weight excluding hydrogens is 548 g/mol. The monoisotopic (exact) mass is 582 g/mol. The van der Waals surface area contributed by atoms with Gasteiger partial charge in [0.25, 0.3) is 0 Å². The summed E-state index contributed by atoms with van der Waals surface area (Å²) >= 11 is 0. The lowest BCUT2D eigenvalue weighted by molar-refractivity contribution is -0.131. The molecule has 10 nitrogen and oxygen atoms in total. The minimum atomic E-state index is -0.102. The number of methoxy groups -OCH3 is 3. The zero-order valence-electron chi connectivity index (χ0n) is 24.7. The van der Waals surface area contributed by atoms with E-state index in [0.29, 0.717) is 55.8 Å². The molecule has 0 bridgehead atoms. The standard InChI is InChI=1S/C33H34N4O6/c1-20-13-27(35-31-26(20)17-25(40-2)18-28(31)41-3)22-15-23-19-36(11-12-43-32(23)29(16-22)42-4)30(38)14-21-5-7-24(8-6-21)37-10-9-34-33(37)39/h5-8,13,15-18H,9-12,14,19H2,1-4H3,(H,34,39). The number of carbonyl (C=O) groups excluding carboxylic acids is 2. The van der Waals surface area contributed by atoms with E-state index in [4.69, 9.17) is 23.9 Å². The number of aromatic nitrogens is 1. The summed E-state index contributed by atoms with van der Waals surface area (Å²) in [6.45, 7) is 4.46. The molecule has 3 aromatic carbocycles. The van der Waals surface area contributed by atoms with Gasteiger partial charge in [0.1, 0.15) is 23.6 Å². The van der Waals surface area contributed by atoms with Gasteiger partial charge in [0, 0.05) is 47.9 Å². The number of pyridine rings is 1. The Balaban J connectivity index is 1.28. The van der Waals surface area contributed by atoms with Crippen molar-refractivity contribution in [3.63, 3.8) is 0 Å². The van der Waals surface area contributed by atoms with Crippen LogP contribution >= 0.6 is 0 Å². The Labute approximate surface area is 250 Å².